The Morgan fingerprint density at radius 3 is 2.66 bits per heavy atom. The van der Waals surface area contributed by atoms with Crippen molar-refractivity contribution in [2.24, 2.45) is 0 Å². The molecule has 29 heavy (non-hydrogen) atoms. The molecule has 0 spiro atoms. The zero-order valence-electron chi connectivity index (χ0n) is 15.6. The van der Waals surface area contributed by atoms with E-state index in [0.717, 1.165) is 6.26 Å². The third-order valence-electron chi connectivity index (χ3n) is 4.63. The highest BCUT2D eigenvalue weighted by molar-refractivity contribution is 7.90. The van der Waals surface area contributed by atoms with E-state index in [1.165, 1.54) is 4.40 Å². The van der Waals surface area contributed by atoms with Gasteiger partial charge in [-0.1, -0.05) is 23.7 Å². The zero-order chi connectivity index (χ0) is 20.6. The number of rotatable bonds is 4. The summed E-state index contributed by atoms with van der Waals surface area (Å²) in [5, 5.41) is 3.17. The molecule has 1 saturated heterocycles. The molecule has 3 aromatic rings. The van der Waals surface area contributed by atoms with Crippen LogP contribution in [0.3, 0.4) is 0 Å². The van der Waals surface area contributed by atoms with Crippen molar-refractivity contribution in [1.82, 2.24) is 9.38 Å². The van der Waals surface area contributed by atoms with Crippen molar-refractivity contribution < 1.29 is 17.9 Å². The van der Waals surface area contributed by atoms with Crippen LogP contribution in [-0.4, -0.2) is 56.3 Å². The third-order valence-corrected chi connectivity index (χ3v) is 5.88. The van der Waals surface area contributed by atoms with Crippen molar-refractivity contribution in [3.63, 3.8) is 0 Å². The quantitative estimate of drug-likeness (QED) is 0.678. The highest BCUT2D eigenvalue weighted by atomic mass is 35.5. The lowest BCUT2D eigenvalue weighted by Crippen LogP contribution is -2.37. The van der Waals surface area contributed by atoms with E-state index in [4.69, 9.17) is 16.3 Å². The third kappa shape index (κ3) is 3.81. The summed E-state index contributed by atoms with van der Waals surface area (Å²) < 4.78 is 31.0. The fourth-order valence-electron chi connectivity index (χ4n) is 3.34. The minimum Gasteiger partial charge on any atom is -0.378 e. The molecule has 1 aromatic carbocycles. The maximum absolute atomic E-state index is 13.0. The van der Waals surface area contributed by atoms with Gasteiger partial charge in [-0.25, -0.2) is 13.4 Å². The first-order valence-electron chi connectivity index (χ1n) is 8.96. The highest BCUT2D eigenvalue weighted by Crippen LogP contribution is 2.35. The van der Waals surface area contributed by atoms with Gasteiger partial charge in [0.05, 0.1) is 35.1 Å². The van der Waals surface area contributed by atoms with Crippen LogP contribution in [-0.2, 0) is 14.6 Å². The predicted octanol–water partition coefficient (Wildman–Crippen LogP) is 2.48. The van der Waals surface area contributed by atoms with Crippen LogP contribution in [0.15, 0.2) is 47.8 Å². The van der Waals surface area contributed by atoms with Gasteiger partial charge in [0, 0.05) is 25.5 Å². The number of aromatic nitrogens is 2. The number of carbonyl (C=O) groups is 1. The van der Waals surface area contributed by atoms with E-state index in [9.17, 15) is 13.2 Å². The van der Waals surface area contributed by atoms with Crippen molar-refractivity contribution in [3.05, 3.63) is 53.3 Å². The number of halogens is 1. The SMILES string of the molecule is CS(=O)(=O)c1nc(C(=O)Nc2cccc(Cl)c2N2CCOCC2)c2ccccn12. The maximum atomic E-state index is 13.0. The summed E-state index contributed by atoms with van der Waals surface area (Å²) in [6.45, 7) is 2.44. The molecule has 3 heterocycles. The smallest absolute Gasteiger partial charge is 0.276 e. The first-order valence-corrected chi connectivity index (χ1v) is 11.2. The molecule has 1 fully saturated rings. The number of nitrogens with one attached hydrogen (secondary N) is 1. The Balaban J connectivity index is 1.74. The Morgan fingerprint density at radius 1 is 1.17 bits per heavy atom. The highest BCUT2D eigenvalue weighted by Gasteiger charge is 2.24. The Morgan fingerprint density at radius 2 is 1.93 bits per heavy atom. The van der Waals surface area contributed by atoms with E-state index in [2.05, 4.69) is 15.2 Å². The molecule has 4 rings (SSSR count). The number of hydrogen-bond acceptors (Lipinski definition) is 6. The lowest BCUT2D eigenvalue weighted by molar-refractivity contribution is 0.102. The summed E-state index contributed by atoms with van der Waals surface area (Å²) in [6.07, 6.45) is 2.62. The standard InChI is InChI=1S/C19H19ClN4O4S/c1-29(26,27)19-22-16(15-7-2-3-8-24(15)19)18(25)21-14-6-4-5-13(20)17(14)23-9-11-28-12-10-23/h2-8H,9-12H2,1H3,(H,21,25). The van der Waals surface area contributed by atoms with Crippen LogP contribution < -0.4 is 10.2 Å². The summed E-state index contributed by atoms with van der Waals surface area (Å²) in [4.78, 5) is 19.2. The zero-order valence-corrected chi connectivity index (χ0v) is 17.2. The molecular formula is C19H19ClN4O4S. The lowest BCUT2D eigenvalue weighted by Gasteiger charge is -2.31. The van der Waals surface area contributed by atoms with Crippen LogP contribution in [0.2, 0.25) is 5.02 Å². The molecule has 0 radical (unpaired) electrons. The normalized spacial score (nSPS) is 14.9. The van der Waals surface area contributed by atoms with E-state index >= 15 is 0 Å². The number of benzene rings is 1. The lowest BCUT2D eigenvalue weighted by atomic mass is 10.2. The number of anilines is 2. The van der Waals surface area contributed by atoms with Gasteiger partial charge in [-0.2, -0.15) is 0 Å². The molecule has 0 atom stereocenters. The molecular weight excluding hydrogens is 416 g/mol. The largest absolute Gasteiger partial charge is 0.378 e. The van der Waals surface area contributed by atoms with Gasteiger partial charge in [-0.05, 0) is 24.3 Å². The summed E-state index contributed by atoms with van der Waals surface area (Å²) in [5.74, 6) is -0.514. The van der Waals surface area contributed by atoms with Crippen LogP contribution in [0.4, 0.5) is 11.4 Å². The maximum Gasteiger partial charge on any atom is 0.276 e. The minimum absolute atomic E-state index is 0.0268. The van der Waals surface area contributed by atoms with Crippen LogP contribution >= 0.6 is 11.6 Å². The monoisotopic (exact) mass is 434 g/mol. The van der Waals surface area contributed by atoms with Gasteiger partial charge in [0.2, 0.25) is 15.0 Å². The summed E-state index contributed by atoms with van der Waals surface area (Å²) >= 11 is 6.42. The summed E-state index contributed by atoms with van der Waals surface area (Å²) in [5.41, 5.74) is 1.67. The first kappa shape index (κ1) is 19.7. The molecule has 152 valence electrons. The van der Waals surface area contributed by atoms with Gasteiger partial charge in [-0.3, -0.25) is 9.20 Å². The minimum atomic E-state index is -3.62. The Kier molecular flexibility index (Phi) is 5.20. The Labute approximate surface area is 173 Å². The van der Waals surface area contributed by atoms with E-state index in [1.807, 2.05) is 0 Å². The van der Waals surface area contributed by atoms with Crippen LogP contribution in [0.25, 0.3) is 5.52 Å². The van der Waals surface area contributed by atoms with E-state index < -0.39 is 15.7 Å². The molecule has 0 unspecified atom stereocenters. The number of fused-ring (bicyclic) bond motifs is 1. The van der Waals surface area contributed by atoms with Crippen LogP contribution in [0, 0.1) is 0 Å². The van der Waals surface area contributed by atoms with Crippen LogP contribution in [0.5, 0.6) is 0 Å². The molecule has 0 bridgehead atoms. The molecule has 1 aliphatic heterocycles. The van der Waals surface area contributed by atoms with E-state index in [1.54, 1.807) is 42.6 Å². The number of ether oxygens (including phenoxy) is 1. The summed E-state index contributed by atoms with van der Waals surface area (Å²) in [6, 6.07) is 10.3. The van der Waals surface area contributed by atoms with Gasteiger partial charge < -0.3 is 15.0 Å². The topological polar surface area (TPSA) is 93.0 Å². The molecule has 2 aromatic heterocycles. The second-order valence-electron chi connectivity index (χ2n) is 6.66. The average Bonchev–Trinajstić information content (AvgIpc) is 3.09. The average molecular weight is 435 g/mol. The van der Waals surface area contributed by atoms with E-state index in [-0.39, 0.29) is 10.9 Å². The fourth-order valence-corrected chi connectivity index (χ4v) is 4.41. The van der Waals surface area contributed by atoms with Crippen molar-refractivity contribution in [2.45, 2.75) is 5.16 Å². The summed E-state index contributed by atoms with van der Waals surface area (Å²) in [7, 11) is -3.62. The van der Waals surface area contributed by atoms with Gasteiger partial charge >= 0.3 is 0 Å². The Bertz CT molecular complexity index is 1190. The van der Waals surface area contributed by atoms with Crippen molar-refractivity contribution in [1.29, 1.82) is 0 Å². The molecule has 1 amide bonds. The first-order chi connectivity index (χ1) is 13.9. The molecule has 1 N–H and O–H groups in total. The molecule has 1 aliphatic rings. The number of morpholine rings is 1. The van der Waals surface area contributed by atoms with E-state index in [0.29, 0.717) is 48.2 Å². The number of amides is 1. The van der Waals surface area contributed by atoms with Crippen molar-refractivity contribution in [2.75, 3.05) is 42.8 Å². The number of nitrogens with zero attached hydrogens (tertiary/aromatic N) is 3. The molecule has 10 heteroatoms. The van der Waals surface area contributed by atoms with Gasteiger partial charge in [-0.15, -0.1) is 0 Å². The van der Waals surface area contributed by atoms with Gasteiger partial charge in [0.25, 0.3) is 5.91 Å². The van der Waals surface area contributed by atoms with Gasteiger partial charge in [0.15, 0.2) is 5.69 Å². The predicted molar refractivity (Wildman–Crippen MR) is 111 cm³/mol. The fraction of sp³-hybridized carbons (Fsp3) is 0.263. The number of carbonyl (C=O) groups excluding carboxylic acids is 1. The second-order valence-corrected chi connectivity index (χ2v) is 8.98. The second kappa shape index (κ2) is 7.66. The molecule has 0 aliphatic carbocycles. The number of para-hydroxylation sites is 1. The van der Waals surface area contributed by atoms with Gasteiger partial charge in [0.1, 0.15) is 0 Å². The van der Waals surface area contributed by atoms with Crippen molar-refractivity contribution in [3.8, 4) is 0 Å². The number of sulfone groups is 1. The number of pyridine rings is 1. The Hall–Kier alpha value is -2.62. The number of imidazole rings is 1. The molecule has 8 nitrogen and oxygen atoms in total. The number of hydrogen-bond donors (Lipinski definition) is 1. The van der Waals surface area contributed by atoms with Crippen molar-refractivity contribution >= 4 is 44.2 Å². The van der Waals surface area contributed by atoms with Crippen LogP contribution in [0.1, 0.15) is 10.5 Å². The molecule has 0 saturated carbocycles.